The van der Waals surface area contributed by atoms with Crippen molar-refractivity contribution in [1.82, 2.24) is 24.9 Å². The lowest BCUT2D eigenvalue weighted by Gasteiger charge is -2.30. The van der Waals surface area contributed by atoms with E-state index in [4.69, 9.17) is 5.11 Å². The molecule has 0 spiro atoms. The Morgan fingerprint density at radius 3 is 2.72 bits per heavy atom. The lowest BCUT2D eigenvalue weighted by Crippen LogP contribution is -2.39. The molecule has 1 atom stereocenters. The fourth-order valence-electron chi connectivity index (χ4n) is 2.94. The molecule has 0 amide bonds. The first-order chi connectivity index (χ1) is 12.0. The number of aromatic amines is 1. The van der Waals surface area contributed by atoms with Crippen LogP contribution in [0.5, 0.6) is 0 Å². The summed E-state index contributed by atoms with van der Waals surface area (Å²) in [4.78, 5) is 10.8. The number of sulfonamides is 1. The zero-order valence-corrected chi connectivity index (χ0v) is 14.3. The highest BCUT2D eigenvalue weighted by atomic mass is 32.2. The minimum absolute atomic E-state index is 0.0185. The van der Waals surface area contributed by atoms with Crippen LogP contribution in [0.25, 0.3) is 0 Å². The van der Waals surface area contributed by atoms with Gasteiger partial charge in [-0.15, -0.1) is 10.2 Å². The SMILES string of the molecule is O=C(O)CCc1ccc(S(=O)(=O)N2CCCC(c3nn[nH]n3)C2)cc1. The quantitative estimate of drug-likeness (QED) is 0.774. The Hall–Kier alpha value is -2.33. The van der Waals surface area contributed by atoms with Crippen LogP contribution in [0.3, 0.4) is 0 Å². The minimum Gasteiger partial charge on any atom is -0.481 e. The number of carbonyl (C=O) groups is 1. The van der Waals surface area contributed by atoms with Gasteiger partial charge in [0, 0.05) is 25.4 Å². The molecule has 2 N–H and O–H groups in total. The van der Waals surface area contributed by atoms with E-state index >= 15 is 0 Å². The number of nitrogens with one attached hydrogen (secondary N) is 1. The molecule has 1 aliphatic rings. The molecule has 1 saturated heterocycles. The molecule has 0 radical (unpaired) electrons. The first-order valence-electron chi connectivity index (χ1n) is 8.01. The zero-order valence-electron chi connectivity index (χ0n) is 13.5. The Bertz CT molecular complexity index is 820. The molecule has 1 aromatic carbocycles. The number of rotatable bonds is 6. The molecule has 0 bridgehead atoms. The number of carboxylic acids is 1. The number of H-pyrrole nitrogens is 1. The molecule has 2 heterocycles. The molecule has 2 aromatic rings. The molecule has 9 nitrogen and oxygen atoms in total. The van der Waals surface area contributed by atoms with E-state index in [-0.39, 0.29) is 17.2 Å². The summed E-state index contributed by atoms with van der Waals surface area (Å²) in [6.45, 7) is 0.778. The van der Waals surface area contributed by atoms with Crippen molar-refractivity contribution in [2.45, 2.75) is 36.5 Å². The van der Waals surface area contributed by atoms with Gasteiger partial charge in [0.15, 0.2) is 5.82 Å². The molecule has 1 fully saturated rings. The van der Waals surface area contributed by atoms with E-state index in [1.165, 1.54) is 16.4 Å². The van der Waals surface area contributed by atoms with Gasteiger partial charge in [-0.1, -0.05) is 17.3 Å². The fourth-order valence-corrected chi connectivity index (χ4v) is 4.47. The van der Waals surface area contributed by atoms with Crippen LogP contribution in [0, 0.1) is 0 Å². The van der Waals surface area contributed by atoms with E-state index < -0.39 is 16.0 Å². The summed E-state index contributed by atoms with van der Waals surface area (Å²) in [7, 11) is -3.60. The van der Waals surface area contributed by atoms with E-state index in [1.54, 1.807) is 12.1 Å². The number of aryl methyl sites for hydroxylation is 1. The highest BCUT2D eigenvalue weighted by Gasteiger charge is 2.32. The zero-order chi connectivity index (χ0) is 17.9. The van der Waals surface area contributed by atoms with Crippen molar-refractivity contribution in [2.24, 2.45) is 0 Å². The lowest BCUT2D eigenvalue weighted by molar-refractivity contribution is -0.136. The Morgan fingerprint density at radius 1 is 1.32 bits per heavy atom. The first kappa shape index (κ1) is 17.5. The molecular formula is C15H19N5O4S. The molecule has 10 heteroatoms. The monoisotopic (exact) mass is 365 g/mol. The second-order valence-corrected chi connectivity index (χ2v) is 7.95. The molecule has 25 heavy (non-hydrogen) atoms. The number of aliphatic carboxylic acids is 1. The van der Waals surface area contributed by atoms with Gasteiger partial charge in [-0.25, -0.2) is 8.42 Å². The number of aromatic nitrogens is 4. The number of tetrazole rings is 1. The molecule has 1 unspecified atom stereocenters. The van der Waals surface area contributed by atoms with Crippen molar-refractivity contribution in [1.29, 1.82) is 0 Å². The number of carboxylic acid groups (broad SMARTS) is 1. The summed E-state index contributed by atoms with van der Waals surface area (Å²) < 4.78 is 27.1. The van der Waals surface area contributed by atoms with Gasteiger partial charge in [-0.2, -0.15) is 9.52 Å². The van der Waals surface area contributed by atoms with Crippen LogP contribution in [0.15, 0.2) is 29.2 Å². The van der Waals surface area contributed by atoms with Crippen LogP contribution < -0.4 is 0 Å². The molecule has 0 saturated carbocycles. The van der Waals surface area contributed by atoms with E-state index in [0.717, 1.165) is 18.4 Å². The molecule has 1 aliphatic heterocycles. The highest BCUT2D eigenvalue weighted by molar-refractivity contribution is 7.89. The van der Waals surface area contributed by atoms with Gasteiger partial charge < -0.3 is 5.11 Å². The smallest absolute Gasteiger partial charge is 0.303 e. The summed E-state index contributed by atoms with van der Waals surface area (Å²) >= 11 is 0. The average Bonchev–Trinajstić information content (AvgIpc) is 3.15. The number of hydrogen-bond donors (Lipinski definition) is 2. The minimum atomic E-state index is -3.60. The van der Waals surface area contributed by atoms with Gasteiger partial charge in [0.05, 0.1) is 4.90 Å². The van der Waals surface area contributed by atoms with Crippen LogP contribution >= 0.6 is 0 Å². The van der Waals surface area contributed by atoms with Crippen molar-refractivity contribution in [3.05, 3.63) is 35.7 Å². The molecule has 1 aromatic heterocycles. The van der Waals surface area contributed by atoms with Crippen LogP contribution in [-0.2, 0) is 21.2 Å². The third kappa shape index (κ3) is 4.02. The standard InChI is InChI=1S/C15H19N5O4S/c21-14(22)8-5-11-3-6-13(7-4-11)25(23,24)20-9-1-2-12(10-20)15-16-18-19-17-15/h3-4,6-7,12H,1-2,5,8-10H2,(H,21,22)(H,16,17,18,19). The van der Waals surface area contributed by atoms with E-state index in [0.29, 0.717) is 25.3 Å². The van der Waals surface area contributed by atoms with Crippen LogP contribution in [0.4, 0.5) is 0 Å². The van der Waals surface area contributed by atoms with Gasteiger partial charge in [0.2, 0.25) is 10.0 Å². The van der Waals surface area contributed by atoms with Crippen molar-refractivity contribution in [2.75, 3.05) is 13.1 Å². The Kier molecular flexibility index (Phi) is 5.09. The van der Waals surface area contributed by atoms with E-state index in [2.05, 4.69) is 20.6 Å². The third-order valence-electron chi connectivity index (χ3n) is 4.30. The fraction of sp³-hybridized carbons (Fsp3) is 0.467. The highest BCUT2D eigenvalue weighted by Crippen LogP contribution is 2.28. The molecule has 3 rings (SSSR count). The summed E-state index contributed by atoms with van der Waals surface area (Å²) in [5.74, 6) is -0.418. The predicted molar refractivity (Wildman–Crippen MR) is 87.3 cm³/mol. The molecular weight excluding hydrogens is 346 g/mol. The van der Waals surface area contributed by atoms with Crippen molar-refractivity contribution in [3.8, 4) is 0 Å². The number of nitrogens with zero attached hydrogens (tertiary/aromatic N) is 4. The Labute approximate surface area is 145 Å². The van der Waals surface area contributed by atoms with Crippen LogP contribution in [-0.4, -0.2) is 57.5 Å². The normalized spacial score (nSPS) is 19.0. The van der Waals surface area contributed by atoms with Crippen LogP contribution in [0.1, 0.15) is 36.6 Å². The van der Waals surface area contributed by atoms with Gasteiger partial charge >= 0.3 is 5.97 Å². The average molecular weight is 365 g/mol. The van der Waals surface area contributed by atoms with Crippen molar-refractivity contribution >= 4 is 16.0 Å². The number of hydrogen-bond acceptors (Lipinski definition) is 6. The van der Waals surface area contributed by atoms with Gasteiger partial charge in [0.1, 0.15) is 0 Å². The van der Waals surface area contributed by atoms with Gasteiger partial charge in [-0.3, -0.25) is 4.79 Å². The second-order valence-electron chi connectivity index (χ2n) is 6.01. The molecule has 134 valence electrons. The maximum atomic E-state index is 12.8. The van der Waals surface area contributed by atoms with Gasteiger partial charge in [-0.05, 0) is 37.0 Å². The summed E-state index contributed by atoms with van der Waals surface area (Å²) in [5.41, 5.74) is 0.796. The summed E-state index contributed by atoms with van der Waals surface area (Å²) in [5, 5.41) is 22.6. The predicted octanol–water partition coefficient (Wildman–Crippen LogP) is 0.785. The van der Waals surface area contributed by atoms with Crippen molar-refractivity contribution < 1.29 is 18.3 Å². The van der Waals surface area contributed by atoms with Crippen molar-refractivity contribution in [3.63, 3.8) is 0 Å². The van der Waals surface area contributed by atoms with E-state index in [9.17, 15) is 13.2 Å². The van der Waals surface area contributed by atoms with Crippen LogP contribution in [0.2, 0.25) is 0 Å². The topological polar surface area (TPSA) is 129 Å². The molecule has 0 aliphatic carbocycles. The summed E-state index contributed by atoms with van der Waals surface area (Å²) in [6, 6.07) is 6.39. The number of benzene rings is 1. The second kappa shape index (κ2) is 7.28. The summed E-state index contributed by atoms with van der Waals surface area (Å²) in [6.07, 6.45) is 1.94. The maximum Gasteiger partial charge on any atom is 0.303 e. The third-order valence-corrected chi connectivity index (χ3v) is 6.18. The number of piperidine rings is 1. The maximum absolute atomic E-state index is 12.8. The first-order valence-corrected chi connectivity index (χ1v) is 9.45. The van der Waals surface area contributed by atoms with E-state index in [1.807, 2.05) is 0 Å². The largest absolute Gasteiger partial charge is 0.481 e. The Balaban J connectivity index is 1.73. The Morgan fingerprint density at radius 2 is 2.08 bits per heavy atom. The lowest BCUT2D eigenvalue weighted by atomic mass is 9.99. The van der Waals surface area contributed by atoms with Gasteiger partial charge in [0.25, 0.3) is 0 Å².